The molecule has 0 atom stereocenters. The summed E-state index contributed by atoms with van der Waals surface area (Å²) in [5.74, 6) is 0.332. The Morgan fingerprint density at radius 3 is 2.58 bits per heavy atom. The summed E-state index contributed by atoms with van der Waals surface area (Å²) in [7, 11) is 0. The highest BCUT2D eigenvalue weighted by Crippen LogP contribution is 2.38. The Balaban J connectivity index is 1.84. The summed E-state index contributed by atoms with van der Waals surface area (Å²) in [6, 6.07) is 20.4. The molecule has 1 amide bonds. The number of nitriles is 1. The number of amides is 1. The minimum atomic E-state index is -0.507. The van der Waals surface area contributed by atoms with Crippen LogP contribution in [0.15, 0.2) is 70.7 Å². The van der Waals surface area contributed by atoms with E-state index in [0.29, 0.717) is 41.0 Å². The summed E-state index contributed by atoms with van der Waals surface area (Å²) < 4.78 is 12.6. The van der Waals surface area contributed by atoms with E-state index in [9.17, 15) is 10.1 Å². The van der Waals surface area contributed by atoms with Gasteiger partial charge in [-0.15, -0.1) is 0 Å². The lowest BCUT2D eigenvalue weighted by Gasteiger charge is -2.15. The maximum atomic E-state index is 12.6. The number of halogens is 2. The third kappa shape index (κ3) is 6.85. The first-order valence-electron chi connectivity index (χ1n) is 10.2. The molecule has 7 heteroatoms. The van der Waals surface area contributed by atoms with Crippen LogP contribution in [0.25, 0.3) is 6.08 Å². The molecule has 3 aromatic carbocycles. The van der Waals surface area contributed by atoms with E-state index in [-0.39, 0.29) is 5.57 Å². The van der Waals surface area contributed by atoms with Crippen molar-refractivity contribution in [1.82, 2.24) is 0 Å². The molecule has 0 aliphatic rings. The van der Waals surface area contributed by atoms with Crippen molar-refractivity contribution < 1.29 is 14.3 Å². The topological polar surface area (TPSA) is 71.3 Å². The summed E-state index contributed by atoms with van der Waals surface area (Å²) >= 11 is 9.90. The molecular weight excluding hydrogens is 504 g/mol. The maximum Gasteiger partial charge on any atom is 0.266 e. The van der Waals surface area contributed by atoms with Gasteiger partial charge in [-0.1, -0.05) is 51.8 Å². The molecule has 0 aliphatic carbocycles. The molecular formula is C26H22BrClN2O3. The van der Waals surface area contributed by atoms with Crippen LogP contribution >= 0.6 is 27.5 Å². The molecule has 0 unspecified atom stereocenters. The first-order valence-corrected chi connectivity index (χ1v) is 11.4. The molecule has 0 radical (unpaired) electrons. The molecule has 3 aromatic rings. The summed E-state index contributed by atoms with van der Waals surface area (Å²) in [5.41, 5.74) is 3.09. The van der Waals surface area contributed by atoms with Crippen molar-refractivity contribution in [2.45, 2.75) is 20.5 Å². The Morgan fingerprint density at radius 1 is 1.15 bits per heavy atom. The second-order valence-electron chi connectivity index (χ2n) is 7.17. The standard InChI is InChI=1S/C26H22BrClN2O3/c1-3-32-24-14-19(12-20(15-29)26(31)30-22-6-4-5-17(2)11-22)13-23(28)25(24)33-16-18-7-9-21(27)10-8-18/h4-14H,3,16H2,1-2H3,(H,30,31)/b20-12+. The number of rotatable bonds is 8. The fourth-order valence-electron chi connectivity index (χ4n) is 3.05. The van der Waals surface area contributed by atoms with E-state index < -0.39 is 5.91 Å². The maximum absolute atomic E-state index is 12.6. The molecule has 0 aliphatic heterocycles. The van der Waals surface area contributed by atoms with Crippen LogP contribution in [0.1, 0.15) is 23.6 Å². The van der Waals surface area contributed by atoms with Crippen molar-refractivity contribution in [3.8, 4) is 17.6 Å². The highest BCUT2D eigenvalue weighted by molar-refractivity contribution is 9.10. The Hall–Kier alpha value is -3.27. The number of nitrogens with zero attached hydrogens (tertiary/aromatic N) is 1. The predicted molar refractivity (Wildman–Crippen MR) is 134 cm³/mol. The molecule has 0 saturated carbocycles. The second kappa shape index (κ2) is 11.6. The molecule has 3 rings (SSSR count). The number of hydrogen-bond acceptors (Lipinski definition) is 4. The van der Waals surface area contributed by atoms with E-state index in [1.165, 1.54) is 6.08 Å². The van der Waals surface area contributed by atoms with E-state index in [1.807, 2.05) is 62.4 Å². The Labute approximate surface area is 206 Å². The van der Waals surface area contributed by atoms with Gasteiger partial charge < -0.3 is 14.8 Å². The van der Waals surface area contributed by atoms with Crippen molar-refractivity contribution in [3.63, 3.8) is 0 Å². The normalized spacial score (nSPS) is 10.9. The largest absolute Gasteiger partial charge is 0.490 e. The Kier molecular flexibility index (Phi) is 8.53. The predicted octanol–water partition coefficient (Wildman–Crippen LogP) is 6.93. The van der Waals surface area contributed by atoms with Crippen LogP contribution in [0.4, 0.5) is 5.69 Å². The lowest BCUT2D eigenvalue weighted by Crippen LogP contribution is -2.13. The number of benzene rings is 3. The molecule has 0 saturated heterocycles. The molecule has 0 bridgehead atoms. The van der Waals surface area contributed by atoms with Crippen LogP contribution in [-0.4, -0.2) is 12.5 Å². The fourth-order valence-corrected chi connectivity index (χ4v) is 3.58. The van der Waals surface area contributed by atoms with Gasteiger partial charge in [0.2, 0.25) is 0 Å². The monoisotopic (exact) mass is 524 g/mol. The van der Waals surface area contributed by atoms with Gasteiger partial charge in [0.05, 0.1) is 11.6 Å². The Morgan fingerprint density at radius 2 is 1.91 bits per heavy atom. The number of nitrogens with one attached hydrogen (secondary N) is 1. The van der Waals surface area contributed by atoms with Gasteiger partial charge >= 0.3 is 0 Å². The molecule has 1 N–H and O–H groups in total. The van der Waals surface area contributed by atoms with Crippen LogP contribution in [0.3, 0.4) is 0 Å². The number of carbonyl (C=O) groups is 1. The van der Waals surface area contributed by atoms with Crippen molar-refractivity contribution in [2.24, 2.45) is 0 Å². The zero-order valence-corrected chi connectivity index (χ0v) is 20.5. The van der Waals surface area contributed by atoms with Crippen LogP contribution in [0.2, 0.25) is 5.02 Å². The van der Waals surface area contributed by atoms with Crippen molar-refractivity contribution in [1.29, 1.82) is 5.26 Å². The number of aryl methyl sites for hydroxylation is 1. The lowest BCUT2D eigenvalue weighted by atomic mass is 10.1. The van der Waals surface area contributed by atoms with Gasteiger partial charge in [-0.2, -0.15) is 5.26 Å². The third-order valence-corrected chi connectivity index (χ3v) is 5.39. The zero-order valence-electron chi connectivity index (χ0n) is 18.2. The average molecular weight is 526 g/mol. The molecule has 0 heterocycles. The first-order chi connectivity index (χ1) is 15.9. The van der Waals surface area contributed by atoms with Gasteiger partial charge in [0.15, 0.2) is 11.5 Å². The van der Waals surface area contributed by atoms with E-state index in [0.717, 1.165) is 15.6 Å². The van der Waals surface area contributed by atoms with E-state index in [1.54, 1.807) is 18.2 Å². The van der Waals surface area contributed by atoms with Gasteiger partial charge in [-0.05, 0) is 73.0 Å². The van der Waals surface area contributed by atoms with E-state index in [2.05, 4.69) is 21.2 Å². The zero-order chi connectivity index (χ0) is 23.8. The molecule has 168 valence electrons. The summed E-state index contributed by atoms with van der Waals surface area (Å²) in [5, 5.41) is 12.6. The molecule has 0 spiro atoms. The van der Waals surface area contributed by atoms with Gasteiger partial charge in [-0.3, -0.25) is 4.79 Å². The quantitative estimate of drug-likeness (QED) is 0.256. The molecule has 0 aromatic heterocycles. The summed E-state index contributed by atoms with van der Waals surface area (Å²) in [6.45, 7) is 4.49. The lowest BCUT2D eigenvalue weighted by molar-refractivity contribution is -0.112. The third-order valence-electron chi connectivity index (χ3n) is 4.58. The molecule has 5 nitrogen and oxygen atoms in total. The minimum absolute atomic E-state index is 0.0569. The van der Waals surface area contributed by atoms with Gasteiger partial charge in [0.25, 0.3) is 5.91 Å². The average Bonchev–Trinajstić information content (AvgIpc) is 2.78. The summed E-state index contributed by atoms with van der Waals surface area (Å²) in [6.07, 6.45) is 1.47. The SMILES string of the molecule is CCOc1cc(/C=C(\C#N)C(=O)Nc2cccc(C)c2)cc(Cl)c1OCc1ccc(Br)cc1. The van der Waals surface area contributed by atoms with Crippen molar-refractivity contribution >= 4 is 45.2 Å². The van der Waals surface area contributed by atoms with Crippen LogP contribution in [0, 0.1) is 18.3 Å². The van der Waals surface area contributed by atoms with Crippen LogP contribution < -0.4 is 14.8 Å². The fraction of sp³-hybridized carbons (Fsp3) is 0.154. The van der Waals surface area contributed by atoms with Gasteiger partial charge in [0, 0.05) is 10.2 Å². The molecule has 0 fully saturated rings. The minimum Gasteiger partial charge on any atom is -0.490 e. The van der Waals surface area contributed by atoms with Gasteiger partial charge in [0.1, 0.15) is 18.2 Å². The Bertz CT molecular complexity index is 1220. The van der Waals surface area contributed by atoms with Crippen molar-refractivity contribution in [3.05, 3.63) is 92.4 Å². The van der Waals surface area contributed by atoms with Crippen molar-refractivity contribution in [2.75, 3.05) is 11.9 Å². The van der Waals surface area contributed by atoms with Gasteiger partial charge in [-0.25, -0.2) is 0 Å². The number of carbonyl (C=O) groups excluding carboxylic acids is 1. The van der Waals surface area contributed by atoms with E-state index in [4.69, 9.17) is 21.1 Å². The molecule has 33 heavy (non-hydrogen) atoms. The second-order valence-corrected chi connectivity index (χ2v) is 8.49. The van der Waals surface area contributed by atoms with Crippen LogP contribution in [0.5, 0.6) is 11.5 Å². The number of hydrogen-bond donors (Lipinski definition) is 1. The summed E-state index contributed by atoms with van der Waals surface area (Å²) in [4.78, 5) is 12.6. The highest BCUT2D eigenvalue weighted by Gasteiger charge is 2.15. The smallest absolute Gasteiger partial charge is 0.266 e. The number of anilines is 1. The highest BCUT2D eigenvalue weighted by atomic mass is 79.9. The first kappa shape index (κ1) is 24.4. The van der Waals surface area contributed by atoms with E-state index >= 15 is 0 Å². The van der Waals surface area contributed by atoms with Crippen LogP contribution in [-0.2, 0) is 11.4 Å². The number of ether oxygens (including phenoxy) is 2.